The van der Waals surface area contributed by atoms with E-state index in [1.807, 2.05) is 0 Å². The quantitative estimate of drug-likeness (QED) is 0.557. The van der Waals surface area contributed by atoms with E-state index in [2.05, 4.69) is 35.1 Å². The SMILES string of the molecule is FC(F)(Cl)Cl.OCl. The van der Waals surface area contributed by atoms with Gasteiger partial charge < -0.3 is 0 Å². The molecular formula is CHCl3F2O. The summed E-state index contributed by atoms with van der Waals surface area (Å²) in [5.41, 5.74) is 0. The first-order chi connectivity index (χ1) is 3.00. The number of hydrogen-bond acceptors (Lipinski definition) is 1. The van der Waals surface area contributed by atoms with Crippen LogP contribution in [0.2, 0.25) is 0 Å². The van der Waals surface area contributed by atoms with E-state index in [4.69, 9.17) is 4.66 Å². The molecule has 0 unspecified atom stereocenters. The van der Waals surface area contributed by atoms with Crippen LogP contribution in [0.4, 0.5) is 8.78 Å². The predicted molar refractivity (Wildman–Crippen MR) is 24.7 cm³/mol. The van der Waals surface area contributed by atoms with Crippen molar-refractivity contribution in [2.24, 2.45) is 0 Å². The molecule has 0 aliphatic rings. The van der Waals surface area contributed by atoms with Crippen LogP contribution >= 0.6 is 35.1 Å². The van der Waals surface area contributed by atoms with Crippen molar-refractivity contribution < 1.29 is 13.4 Å². The van der Waals surface area contributed by atoms with Crippen LogP contribution in [-0.2, 0) is 0 Å². The summed E-state index contributed by atoms with van der Waals surface area (Å²) >= 11 is 11.6. The smallest absolute Gasteiger partial charge is 0.295 e. The highest BCUT2D eigenvalue weighted by Crippen LogP contribution is 2.22. The molecule has 0 heterocycles. The molecule has 0 saturated heterocycles. The van der Waals surface area contributed by atoms with Crippen LogP contribution in [0.25, 0.3) is 0 Å². The van der Waals surface area contributed by atoms with Gasteiger partial charge in [0.1, 0.15) is 0 Å². The average molecular weight is 173 g/mol. The lowest BCUT2D eigenvalue weighted by Gasteiger charge is -1.87. The Morgan fingerprint density at radius 2 is 1.14 bits per heavy atom. The van der Waals surface area contributed by atoms with Crippen molar-refractivity contribution in [3.63, 3.8) is 0 Å². The normalized spacial score (nSPS) is 9.43. The molecule has 0 aliphatic carbocycles. The molecule has 1 N–H and O–H groups in total. The minimum Gasteiger partial charge on any atom is -0.295 e. The minimum atomic E-state index is -3.56. The van der Waals surface area contributed by atoms with Gasteiger partial charge in [0.2, 0.25) is 0 Å². The Balaban J connectivity index is 0. The Morgan fingerprint density at radius 3 is 1.14 bits per heavy atom. The zero-order valence-corrected chi connectivity index (χ0v) is 5.10. The monoisotopic (exact) mass is 172 g/mol. The molecule has 0 fully saturated rings. The number of halogens is 5. The van der Waals surface area contributed by atoms with Crippen LogP contribution in [0.1, 0.15) is 0 Å². The average Bonchev–Trinajstić information content (AvgIpc) is 1.36. The van der Waals surface area contributed by atoms with Crippen molar-refractivity contribution in [3.05, 3.63) is 0 Å². The number of hydrogen-bond donors (Lipinski definition) is 1. The van der Waals surface area contributed by atoms with Crippen molar-refractivity contribution in [3.8, 4) is 0 Å². The summed E-state index contributed by atoms with van der Waals surface area (Å²) in [6.07, 6.45) is 0. The zero-order valence-electron chi connectivity index (χ0n) is 2.84. The van der Waals surface area contributed by atoms with Gasteiger partial charge >= 0.3 is 4.84 Å². The minimum absolute atomic E-state index is 3.56. The van der Waals surface area contributed by atoms with Gasteiger partial charge in [-0.25, -0.2) is 0 Å². The lowest BCUT2D eigenvalue weighted by molar-refractivity contribution is 0.194. The van der Waals surface area contributed by atoms with Crippen LogP contribution < -0.4 is 0 Å². The highest BCUT2D eigenvalue weighted by atomic mass is 35.5. The Bertz CT molecular complexity index is 28.4. The predicted octanol–water partition coefficient (Wildman–Crippen LogP) is 2.15. The largest absolute Gasteiger partial charge is 0.401 e. The maximum absolute atomic E-state index is 10.6. The van der Waals surface area contributed by atoms with Crippen molar-refractivity contribution in [1.29, 1.82) is 0 Å². The molecule has 0 bridgehead atoms. The molecule has 0 rings (SSSR count). The first-order valence-electron chi connectivity index (χ1n) is 0.925. The molecule has 0 radical (unpaired) electrons. The van der Waals surface area contributed by atoms with Crippen LogP contribution in [0.15, 0.2) is 0 Å². The molecule has 1 nitrogen and oxygen atoms in total. The molecule has 0 aromatic heterocycles. The number of rotatable bonds is 0. The van der Waals surface area contributed by atoms with E-state index < -0.39 is 4.84 Å². The fourth-order valence-corrected chi connectivity index (χ4v) is 0. The molecular weight excluding hydrogens is 172 g/mol. The first kappa shape index (κ1) is 10.6. The standard InChI is InChI=1S/CCl2F2.ClHO/c2-1(3,4)5;1-2/h;2H. The third-order valence-corrected chi connectivity index (χ3v) is 0. The van der Waals surface area contributed by atoms with Gasteiger partial charge in [-0.2, -0.15) is 8.78 Å². The summed E-state index contributed by atoms with van der Waals surface area (Å²) in [5.74, 6) is 0. The molecule has 0 spiro atoms. The molecule has 0 saturated carbocycles. The number of alkyl halides is 4. The molecule has 6 heteroatoms. The molecule has 0 atom stereocenters. The van der Waals surface area contributed by atoms with Crippen LogP contribution in [0.5, 0.6) is 0 Å². The van der Waals surface area contributed by atoms with E-state index in [0.29, 0.717) is 0 Å². The lowest BCUT2D eigenvalue weighted by atomic mass is 11.7. The summed E-state index contributed by atoms with van der Waals surface area (Å²) in [5, 5.41) is 0. The van der Waals surface area contributed by atoms with E-state index >= 15 is 0 Å². The Morgan fingerprint density at radius 1 is 1.14 bits per heavy atom. The molecule has 7 heavy (non-hydrogen) atoms. The second-order valence-electron chi connectivity index (χ2n) is 0.429. The topological polar surface area (TPSA) is 20.2 Å². The summed E-state index contributed by atoms with van der Waals surface area (Å²) in [6, 6.07) is 0. The second kappa shape index (κ2) is 4.84. The van der Waals surface area contributed by atoms with Crippen LogP contribution in [0.3, 0.4) is 0 Å². The van der Waals surface area contributed by atoms with Crippen LogP contribution in [0, 0.1) is 0 Å². The Kier molecular flexibility index (Phi) is 7.35. The molecule has 46 valence electrons. The summed E-state index contributed by atoms with van der Waals surface area (Å²) in [7, 11) is 0. The Hall–Kier alpha value is 0.690. The fourth-order valence-electron chi connectivity index (χ4n) is 0. The molecule has 0 amide bonds. The maximum atomic E-state index is 10.6. The van der Waals surface area contributed by atoms with E-state index in [9.17, 15) is 8.78 Å². The van der Waals surface area contributed by atoms with E-state index in [1.165, 1.54) is 0 Å². The van der Waals surface area contributed by atoms with Gasteiger partial charge in [0, 0.05) is 0 Å². The third kappa shape index (κ3) is 309. The van der Waals surface area contributed by atoms with Gasteiger partial charge in [0.05, 0.1) is 11.9 Å². The first-order valence-corrected chi connectivity index (χ1v) is 2.02. The Labute approximate surface area is 54.0 Å². The summed E-state index contributed by atoms with van der Waals surface area (Å²) in [6.45, 7) is 0. The summed E-state index contributed by atoms with van der Waals surface area (Å²) in [4.78, 5) is -3.56. The van der Waals surface area contributed by atoms with Gasteiger partial charge in [-0.3, -0.25) is 4.66 Å². The van der Waals surface area contributed by atoms with Gasteiger partial charge in [-0.15, -0.1) is 0 Å². The third-order valence-electron chi connectivity index (χ3n) is 0. The van der Waals surface area contributed by atoms with Crippen molar-refractivity contribution in [2.75, 3.05) is 0 Å². The van der Waals surface area contributed by atoms with E-state index in [1.54, 1.807) is 0 Å². The van der Waals surface area contributed by atoms with Gasteiger partial charge in [-0.05, 0) is 23.2 Å². The van der Waals surface area contributed by atoms with E-state index in [0.717, 1.165) is 0 Å². The second-order valence-corrected chi connectivity index (χ2v) is 1.57. The summed E-state index contributed by atoms with van der Waals surface area (Å²) < 4.78 is 27.6. The lowest BCUT2D eigenvalue weighted by Crippen LogP contribution is -1.86. The van der Waals surface area contributed by atoms with Gasteiger partial charge in [0.25, 0.3) is 0 Å². The van der Waals surface area contributed by atoms with Crippen molar-refractivity contribution in [1.82, 2.24) is 0 Å². The van der Waals surface area contributed by atoms with Crippen LogP contribution in [-0.4, -0.2) is 9.50 Å². The van der Waals surface area contributed by atoms with Gasteiger partial charge in [0.15, 0.2) is 0 Å². The zero-order chi connectivity index (χ0) is 6.50. The van der Waals surface area contributed by atoms with E-state index in [-0.39, 0.29) is 0 Å². The molecule has 0 aromatic rings. The van der Waals surface area contributed by atoms with Gasteiger partial charge in [-0.1, -0.05) is 0 Å². The fraction of sp³-hybridized carbons (Fsp3) is 1.00. The highest BCUT2D eigenvalue weighted by Gasteiger charge is 2.17. The molecule has 0 aliphatic heterocycles. The van der Waals surface area contributed by atoms with Crippen molar-refractivity contribution in [2.45, 2.75) is 4.84 Å². The molecule has 0 aromatic carbocycles. The van der Waals surface area contributed by atoms with Crippen molar-refractivity contribution >= 4 is 35.1 Å². The highest BCUT2D eigenvalue weighted by molar-refractivity contribution is 6.45. The maximum Gasteiger partial charge on any atom is 0.401 e.